The van der Waals surface area contributed by atoms with Gasteiger partial charge in [-0.15, -0.1) is 0 Å². The number of esters is 1. The number of aliphatic hydroxyl groups excluding tert-OH is 1. The van der Waals surface area contributed by atoms with Gasteiger partial charge in [0.1, 0.15) is 0 Å². The summed E-state index contributed by atoms with van der Waals surface area (Å²) in [5, 5.41) is 9.33. The van der Waals surface area contributed by atoms with E-state index in [1.807, 2.05) is 13.0 Å². The zero-order chi connectivity index (χ0) is 14.3. The molecule has 1 N–H and O–H groups in total. The van der Waals surface area contributed by atoms with Crippen LogP contribution in [-0.2, 0) is 9.53 Å². The van der Waals surface area contributed by atoms with E-state index < -0.39 is 18.6 Å². The van der Waals surface area contributed by atoms with E-state index in [1.54, 1.807) is 24.3 Å². The van der Waals surface area contributed by atoms with Crippen LogP contribution >= 0.6 is 0 Å². The van der Waals surface area contributed by atoms with Crippen molar-refractivity contribution >= 4 is 11.9 Å². The van der Waals surface area contributed by atoms with Crippen molar-refractivity contribution in [2.24, 2.45) is 0 Å². The Kier molecular flexibility index (Phi) is 6.02. The van der Waals surface area contributed by atoms with Crippen LogP contribution in [-0.4, -0.2) is 48.2 Å². The Morgan fingerprint density at radius 1 is 1.32 bits per heavy atom. The molecule has 1 rings (SSSR count). The maximum absolute atomic E-state index is 12.4. The Morgan fingerprint density at radius 2 is 1.95 bits per heavy atom. The van der Waals surface area contributed by atoms with Gasteiger partial charge in [-0.2, -0.15) is 0 Å². The van der Waals surface area contributed by atoms with Crippen molar-refractivity contribution in [1.82, 2.24) is 4.90 Å². The third-order valence-corrected chi connectivity index (χ3v) is 2.77. The number of hydrogen-bond acceptors (Lipinski definition) is 4. The molecule has 0 fully saturated rings. The maximum Gasteiger partial charge on any atom is 0.331 e. The molecule has 0 heterocycles. The Hall–Kier alpha value is -1.88. The van der Waals surface area contributed by atoms with Gasteiger partial charge < -0.3 is 14.7 Å². The fourth-order valence-electron chi connectivity index (χ4n) is 1.82. The van der Waals surface area contributed by atoms with Crippen LogP contribution in [0.2, 0.25) is 0 Å². The van der Waals surface area contributed by atoms with E-state index in [4.69, 9.17) is 0 Å². The maximum atomic E-state index is 12.4. The molecule has 0 radical (unpaired) electrons. The number of carbonyl (C=O) groups is 2. The molecule has 1 atom stereocenters. The molecular formula is C14H19NO4. The molecule has 0 aliphatic heterocycles. The summed E-state index contributed by atoms with van der Waals surface area (Å²) in [6.45, 7) is 1.83. The lowest BCUT2D eigenvalue weighted by Crippen LogP contribution is -2.48. The number of amides is 1. The first kappa shape index (κ1) is 15.2. The highest BCUT2D eigenvalue weighted by molar-refractivity contribution is 5.96. The Morgan fingerprint density at radius 3 is 2.42 bits per heavy atom. The molecule has 104 valence electrons. The molecule has 1 unspecified atom stereocenters. The second-order valence-electron chi connectivity index (χ2n) is 4.09. The Labute approximate surface area is 112 Å². The minimum Gasteiger partial charge on any atom is -0.467 e. The Balaban J connectivity index is 2.99. The number of hydrogen-bond donors (Lipinski definition) is 1. The van der Waals surface area contributed by atoms with Crippen LogP contribution in [0.1, 0.15) is 23.7 Å². The van der Waals surface area contributed by atoms with E-state index in [0.717, 1.165) is 0 Å². The third kappa shape index (κ3) is 3.79. The standard InChI is InChI=1S/C14H19NO4/c1-3-9-15(12(10-16)14(18)19-2)13(17)11-7-5-4-6-8-11/h4-8,12,16H,3,9-10H2,1-2H3. The van der Waals surface area contributed by atoms with Crippen molar-refractivity contribution in [3.8, 4) is 0 Å². The average Bonchev–Trinajstić information content (AvgIpc) is 2.47. The number of methoxy groups -OCH3 is 1. The fourth-order valence-corrected chi connectivity index (χ4v) is 1.82. The van der Waals surface area contributed by atoms with Gasteiger partial charge in [0, 0.05) is 12.1 Å². The number of carbonyl (C=O) groups excluding carboxylic acids is 2. The van der Waals surface area contributed by atoms with E-state index in [-0.39, 0.29) is 5.91 Å². The summed E-state index contributed by atoms with van der Waals surface area (Å²) in [4.78, 5) is 25.3. The van der Waals surface area contributed by atoms with Crippen molar-refractivity contribution in [2.75, 3.05) is 20.3 Å². The molecule has 0 aliphatic rings. The summed E-state index contributed by atoms with van der Waals surface area (Å²) in [6, 6.07) is 7.71. The number of rotatable bonds is 6. The summed E-state index contributed by atoms with van der Waals surface area (Å²) in [7, 11) is 1.24. The summed E-state index contributed by atoms with van der Waals surface area (Å²) < 4.78 is 4.62. The van der Waals surface area contributed by atoms with E-state index in [2.05, 4.69) is 4.74 Å². The van der Waals surface area contributed by atoms with E-state index in [0.29, 0.717) is 18.5 Å². The molecule has 1 amide bonds. The van der Waals surface area contributed by atoms with E-state index >= 15 is 0 Å². The fraction of sp³-hybridized carbons (Fsp3) is 0.429. The van der Waals surface area contributed by atoms with Gasteiger partial charge in [-0.1, -0.05) is 25.1 Å². The predicted octanol–water partition coefficient (Wildman–Crippen LogP) is 1.07. The van der Waals surface area contributed by atoms with Crippen LogP contribution in [0.15, 0.2) is 30.3 Å². The largest absolute Gasteiger partial charge is 0.467 e. The summed E-state index contributed by atoms with van der Waals surface area (Å²) in [6.07, 6.45) is 0.687. The van der Waals surface area contributed by atoms with Gasteiger partial charge in [0.15, 0.2) is 6.04 Å². The molecule has 0 aliphatic carbocycles. The molecule has 0 saturated heterocycles. The normalized spacial score (nSPS) is 11.7. The molecule has 1 aromatic rings. The lowest BCUT2D eigenvalue weighted by Gasteiger charge is -2.28. The molecule has 19 heavy (non-hydrogen) atoms. The first-order valence-electron chi connectivity index (χ1n) is 6.20. The van der Waals surface area contributed by atoms with Crippen molar-refractivity contribution in [3.05, 3.63) is 35.9 Å². The summed E-state index contributed by atoms with van der Waals surface area (Å²) >= 11 is 0. The van der Waals surface area contributed by atoms with Crippen molar-refractivity contribution in [2.45, 2.75) is 19.4 Å². The quantitative estimate of drug-likeness (QED) is 0.781. The lowest BCUT2D eigenvalue weighted by molar-refractivity contribution is -0.147. The second kappa shape index (κ2) is 7.53. The molecule has 1 aromatic carbocycles. The molecule has 0 saturated carbocycles. The molecule has 0 aromatic heterocycles. The smallest absolute Gasteiger partial charge is 0.331 e. The number of ether oxygens (including phenoxy) is 1. The highest BCUT2D eigenvalue weighted by Gasteiger charge is 2.29. The summed E-state index contributed by atoms with van der Waals surface area (Å²) in [5.41, 5.74) is 0.485. The van der Waals surface area contributed by atoms with Gasteiger partial charge in [-0.05, 0) is 18.6 Å². The average molecular weight is 265 g/mol. The second-order valence-corrected chi connectivity index (χ2v) is 4.09. The van der Waals surface area contributed by atoms with E-state index in [1.165, 1.54) is 12.0 Å². The zero-order valence-corrected chi connectivity index (χ0v) is 11.2. The lowest BCUT2D eigenvalue weighted by atomic mass is 10.1. The van der Waals surface area contributed by atoms with E-state index in [9.17, 15) is 14.7 Å². The van der Waals surface area contributed by atoms with Gasteiger partial charge in [0.05, 0.1) is 13.7 Å². The van der Waals surface area contributed by atoms with Crippen LogP contribution < -0.4 is 0 Å². The van der Waals surface area contributed by atoms with Crippen LogP contribution in [0.4, 0.5) is 0 Å². The van der Waals surface area contributed by atoms with Crippen molar-refractivity contribution in [3.63, 3.8) is 0 Å². The molecule has 0 spiro atoms. The molecule has 5 heteroatoms. The minimum atomic E-state index is -0.961. The van der Waals surface area contributed by atoms with Crippen molar-refractivity contribution in [1.29, 1.82) is 0 Å². The van der Waals surface area contributed by atoms with Gasteiger partial charge >= 0.3 is 5.97 Å². The Bertz CT molecular complexity index is 419. The summed E-state index contributed by atoms with van der Waals surface area (Å²) in [5.74, 6) is -0.896. The van der Waals surface area contributed by atoms with Gasteiger partial charge in [0.2, 0.25) is 0 Å². The molecular weight excluding hydrogens is 246 g/mol. The highest BCUT2D eigenvalue weighted by atomic mass is 16.5. The third-order valence-electron chi connectivity index (χ3n) is 2.77. The molecule has 5 nitrogen and oxygen atoms in total. The molecule has 0 bridgehead atoms. The van der Waals surface area contributed by atoms with Crippen LogP contribution in [0.3, 0.4) is 0 Å². The van der Waals surface area contributed by atoms with Gasteiger partial charge in [0.25, 0.3) is 5.91 Å². The minimum absolute atomic E-state index is 0.285. The first-order valence-corrected chi connectivity index (χ1v) is 6.20. The SMILES string of the molecule is CCCN(C(=O)c1ccccc1)C(CO)C(=O)OC. The van der Waals surface area contributed by atoms with Crippen LogP contribution in [0.5, 0.6) is 0 Å². The monoisotopic (exact) mass is 265 g/mol. The number of nitrogens with zero attached hydrogens (tertiary/aromatic N) is 1. The first-order chi connectivity index (χ1) is 9.15. The van der Waals surface area contributed by atoms with Crippen LogP contribution in [0, 0.1) is 0 Å². The topological polar surface area (TPSA) is 66.8 Å². The predicted molar refractivity (Wildman–Crippen MR) is 70.7 cm³/mol. The van der Waals surface area contributed by atoms with Gasteiger partial charge in [-0.3, -0.25) is 4.79 Å². The zero-order valence-electron chi connectivity index (χ0n) is 11.2. The highest BCUT2D eigenvalue weighted by Crippen LogP contribution is 2.10. The number of benzene rings is 1. The van der Waals surface area contributed by atoms with Crippen molar-refractivity contribution < 1.29 is 19.4 Å². The number of aliphatic hydroxyl groups is 1. The van der Waals surface area contributed by atoms with Gasteiger partial charge in [-0.25, -0.2) is 4.79 Å². The van der Waals surface area contributed by atoms with Crippen LogP contribution in [0.25, 0.3) is 0 Å².